The fraction of sp³-hybridized carbons (Fsp3) is 0.889. The lowest BCUT2D eigenvalue weighted by atomic mass is 9.97. The standard InChI is InChI=1S/C9H17NO3.ClH/c1-6(9(11)12)8(13-2)7-4-3-5-10-7;/h6-8,10H,3-5H2,1-2H3,(H,11,12);1H. The molecule has 2 N–H and O–H groups in total. The van der Waals surface area contributed by atoms with E-state index in [1.807, 2.05) is 0 Å². The van der Waals surface area contributed by atoms with Crippen LogP contribution in [0.15, 0.2) is 0 Å². The number of halogens is 1. The minimum Gasteiger partial charge on any atom is -0.481 e. The summed E-state index contributed by atoms with van der Waals surface area (Å²) in [4.78, 5) is 10.7. The first-order chi connectivity index (χ1) is 6.16. The van der Waals surface area contributed by atoms with Crippen LogP contribution in [0.4, 0.5) is 0 Å². The summed E-state index contributed by atoms with van der Waals surface area (Å²) in [6, 6.07) is 0.205. The predicted octanol–water partition coefficient (Wildman–Crippen LogP) is 0.896. The van der Waals surface area contributed by atoms with Crippen molar-refractivity contribution in [2.24, 2.45) is 5.92 Å². The van der Waals surface area contributed by atoms with Crippen molar-refractivity contribution in [2.75, 3.05) is 13.7 Å². The molecule has 0 spiro atoms. The Hall–Kier alpha value is -0.320. The molecule has 1 fully saturated rings. The van der Waals surface area contributed by atoms with Crippen LogP contribution in [-0.2, 0) is 9.53 Å². The zero-order chi connectivity index (χ0) is 9.84. The zero-order valence-electron chi connectivity index (χ0n) is 8.53. The molecule has 0 saturated carbocycles. The fourth-order valence-corrected chi connectivity index (χ4v) is 1.85. The van der Waals surface area contributed by atoms with Gasteiger partial charge in [-0.1, -0.05) is 0 Å². The number of aliphatic carboxylic acids is 1. The van der Waals surface area contributed by atoms with Gasteiger partial charge < -0.3 is 15.2 Å². The molecule has 1 heterocycles. The van der Waals surface area contributed by atoms with Gasteiger partial charge in [0.1, 0.15) is 0 Å². The first kappa shape index (κ1) is 13.7. The van der Waals surface area contributed by atoms with E-state index in [2.05, 4.69) is 5.32 Å². The number of ether oxygens (including phenoxy) is 1. The zero-order valence-corrected chi connectivity index (χ0v) is 9.34. The Morgan fingerprint density at radius 3 is 2.64 bits per heavy atom. The average Bonchev–Trinajstić information content (AvgIpc) is 2.58. The number of rotatable bonds is 4. The van der Waals surface area contributed by atoms with Gasteiger partial charge in [-0.05, 0) is 26.3 Å². The number of nitrogens with one attached hydrogen (secondary N) is 1. The van der Waals surface area contributed by atoms with E-state index in [9.17, 15) is 4.79 Å². The van der Waals surface area contributed by atoms with Gasteiger partial charge in [-0.2, -0.15) is 0 Å². The number of methoxy groups -OCH3 is 1. The Bertz CT molecular complexity index is 183. The van der Waals surface area contributed by atoms with Crippen molar-refractivity contribution in [1.82, 2.24) is 5.32 Å². The second-order valence-electron chi connectivity index (χ2n) is 3.53. The van der Waals surface area contributed by atoms with Gasteiger partial charge in [-0.15, -0.1) is 12.4 Å². The molecule has 84 valence electrons. The SMILES string of the molecule is COC(C1CCCN1)C(C)C(=O)O.Cl. The van der Waals surface area contributed by atoms with E-state index in [-0.39, 0.29) is 24.6 Å². The molecule has 5 heteroatoms. The molecule has 0 amide bonds. The van der Waals surface area contributed by atoms with Gasteiger partial charge in [-0.25, -0.2) is 0 Å². The lowest BCUT2D eigenvalue weighted by molar-refractivity contribution is -0.146. The molecule has 0 bridgehead atoms. The summed E-state index contributed by atoms with van der Waals surface area (Å²) >= 11 is 0. The third-order valence-corrected chi connectivity index (χ3v) is 2.65. The van der Waals surface area contributed by atoms with Gasteiger partial charge in [0, 0.05) is 13.2 Å². The predicted molar refractivity (Wildman–Crippen MR) is 55.9 cm³/mol. The Kier molecular flexibility index (Phi) is 6.08. The van der Waals surface area contributed by atoms with Crippen molar-refractivity contribution in [3.63, 3.8) is 0 Å². The quantitative estimate of drug-likeness (QED) is 0.744. The summed E-state index contributed by atoms with van der Waals surface area (Å²) in [5.74, 6) is -1.24. The molecule has 1 saturated heterocycles. The summed E-state index contributed by atoms with van der Waals surface area (Å²) in [7, 11) is 1.57. The van der Waals surface area contributed by atoms with Crippen LogP contribution < -0.4 is 5.32 Å². The molecule has 0 aliphatic carbocycles. The second kappa shape index (κ2) is 6.22. The van der Waals surface area contributed by atoms with Gasteiger partial charge >= 0.3 is 5.97 Å². The summed E-state index contributed by atoms with van der Waals surface area (Å²) < 4.78 is 5.21. The van der Waals surface area contributed by atoms with Crippen molar-refractivity contribution in [1.29, 1.82) is 0 Å². The van der Waals surface area contributed by atoms with Crippen LogP contribution in [-0.4, -0.2) is 36.9 Å². The summed E-state index contributed by atoms with van der Waals surface area (Å²) in [6.45, 7) is 2.66. The van der Waals surface area contributed by atoms with Gasteiger partial charge in [0.25, 0.3) is 0 Å². The molecule has 0 aromatic heterocycles. The molecule has 14 heavy (non-hydrogen) atoms. The van der Waals surface area contributed by atoms with Gasteiger partial charge in [-0.3, -0.25) is 4.79 Å². The number of carboxylic acids is 1. The molecular formula is C9H18ClNO3. The lowest BCUT2D eigenvalue weighted by Crippen LogP contribution is -2.43. The summed E-state index contributed by atoms with van der Waals surface area (Å²) in [6.07, 6.45) is 1.91. The second-order valence-corrected chi connectivity index (χ2v) is 3.53. The Labute approximate surface area is 90.4 Å². The van der Waals surface area contributed by atoms with Gasteiger partial charge in [0.15, 0.2) is 0 Å². The van der Waals surface area contributed by atoms with Crippen LogP contribution in [0, 0.1) is 5.92 Å². The summed E-state index contributed by atoms with van der Waals surface area (Å²) in [5.41, 5.74) is 0. The highest BCUT2D eigenvalue weighted by molar-refractivity contribution is 5.85. The fourth-order valence-electron chi connectivity index (χ4n) is 1.85. The smallest absolute Gasteiger partial charge is 0.308 e. The van der Waals surface area contributed by atoms with E-state index < -0.39 is 11.9 Å². The van der Waals surface area contributed by atoms with E-state index in [4.69, 9.17) is 9.84 Å². The Balaban J connectivity index is 0.00000169. The van der Waals surface area contributed by atoms with Crippen LogP contribution in [0.1, 0.15) is 19.8 Å². The number of hydrogen-bond acceptors (Lipinski definition) is 3. The first-order valence-corrected chi connectivity index (χ1v) is 4.65. The molecule has 0 radical (unpaired) electrons. The molecule has 1 rings (SSSR count). The van der Waals surface area contributed by atoms with E-state index >= 15 is 0 Å². The third-order valence-electron chi connectivity index (χ3n) is 2.65. The third kappa shape index (κ3) is 3.12. The van der Waals surface area contributed by atoms with Crippen LogP contribution >= 0.6 is 12.4 Å². The van der Waals surface area contributed by atoms with E-state index in [1.165, 1.54) is 0 Å². The maximum absolute atomic E-state index is 10.7. The van der Waals surface area contributed by atoms with Crippen LogP contribution in [0.5, 0.6) is 0 Å². The highest BCUT2D eigenvalue weighted by Crippen LogP contribution is 2.18. The van der Waals surface area contributed by atoms with E-state index in [0.29, 0.717) is 0 Å². The largest absolute Gasteiger partial charge is 0.481 e. The highest BCUT2D eigenvalue weighted by atomic mass is 35.5. The van der Waals surface area contributed by atoms with Crippen LogP contribution in [0.25, 0.3) is 0 Å². The van der Waals surface area contributed by atoms with Crippen LogP contribution in [0.3, 0.4) is 0 Å². The van der Waals surface area contributed by atoms with Crippen molar-refractivity contribution in [3.05, 3.63) is 0 Å². The van der Waals surface area contributed by atoms with Gasteiger partial charge in [0.2, 0.25) is 0 Å². The van der Waals surface area contributed by atoms with E-state index in [1.54, 1.807) is 14.0 Å². The molecular weight excluding hydrogens is 206 g/mol. The minimum atomic E-state index is -0.791. The summed E-state index contributed by atoms with van der Waals surface area (Å²) in [5, 5.41) is 12.1. The molecule has 3 unspecified atom stereocenters. The van der Waals surface area contributed by atoms with Crippen molar-refractivity contribution >= 4 is 18.4 Å². The maximum atomic E-state index is 10.7. The molecule has 4 nitrogen and oxygen atoms in total. The maximum Gasteiger partial charge on any atom is 0.308 e. The normalized spacial score (nSPS) is 25.1. The van der Waals surface area contributed by atoms with E-state index in [0.717, 1.165) is 19.4 Å². The topological polar surface area (TPSA) is 58.6 Å². The minimum absolute atomic E-state index is 0. The molecule has 0 aromatic rings. The molecule has 1 aliphatic rings. The Morgan fingerprint density at radius 2 is 2.29 bits per heavy atom. The molecule has 0 aromatic carbocycles. The van der Waals surface area contributed by atoms with Crippen molar-refractivity contribution in [2.45, 2.75) is 31.9 Å². The highest BCUT2D eigenvalue weighted by Gasteiger charge is 2.32. The number of carboxylic acid groups (broad SMARTS) is 1. The van der Waals surface area contributed by atoms with Crippen molar-refractivity contribution in [3.8, 4) is 0 Å². The number of carbonyl (C=O) groups is 1. The average molecular weight is 224 g/mol. The lowest BCUT2D eigenvalue weighted by Gasteiger charge is -2.25. The van der Waals surface area contributed by atoms with Crippen molar-refractivity contribution < 1.29 is 14.6 Å². The number of hydrogen-bond donors (Lipinski definition) is 2. The van der Waals surface area contributed by atoms with Gasteiger partial charge in [0.05, 0.1) is 12.0 Å². The Morgan fingerprint density at radius 1 is 1.64 bits per heavy atom. The molecule has 3 atom stereocenters. The molecule has 1 aliphatic heterocycles. The first-order valence-electron chi connectivity index (χ1n) is 4.65. The van der Waals surface area contributed by atoms with Crippen LogP contribution in [0.2, 0.25) is 0 Å². The monoisotopic (exact) mass is 223 g/mol.